The van der Waals surface area contributed by atoms with Crippen molar-refractivity contribution in [2.45, 2.75) is 57.0 Å². The third-order valence-corrected chi connectivity index (χ3v) is 5.87. The number of rotatable bonds is 0. The first kappa shape index (κ1) is 11.3. The second-order valence-corrected chi connectivity index (χ2v) is 6.82. The zero-order valence-corrected chi connectivity index (χ0v) is 11.2. The zero-order valence-electron chi connectivity index (χ0n) is 11.2. The van der Waals surface area contributed by atoms with Crippen LogP contribution in [0.3, 0.4) is 0 Å². The van der Waals surface area contributed by atoms with Crippen molar-refractivity contribution in [1.29, 1.82) is 0 Å². The maximum absolute atomic E-state index is 12.1. The number of amides is 1. The standard InChI is InChI=1S/C15H24N2O/c18-15-6-3-5-14-11-8-12(10-17(14)15)13-4-1-2-7-16(13)9-11/h11-14H,1-10H2/t11-,12+,13+,14+/m0/s1. The lowest BCUT2D eigenvalue weighted by molar-refractivity contribution is -0.148. The van der Waals surface area contributed by atoms with Crippen molar-refractivity contribution >= 4 is 5.91 Å². The molecule has 0 aromatic heterocycles. The molecular weight excluding hydrogens is 224 g/mol. The van der Waals surface area contributed by atoms with Gasteiger partial charge in [-0.25, -0.2) is 0 Å². The largest absolute Gasteiger partial charge is 0.339 e. The molecule has 100 valence electrons. The molecule has 0 spiro atoms. The summed E-state index contributed by atoms with van der Waals surface area (Å²) in [5, 5.41) is 0. The van der Waals surface area contributed by atoms with E-state index in [9.17, 15) is 4.79 Å². The van der Waals surface area contributed by atoms with Gasteiger partial charge in [0.05, 0.1) is 0 Å². The Balaban J connectivity index is 1.59. The van der Waals surface area contributed by atoms with Gasteiger partial charge in [0.2, 0.25) is 5.91 Å². The zero-order chi connectivity index (χ0) is 12.1. The van der Waals surface area contributed by atoms with Crippen molar-refractivity contribution in [2.24, 2.45) is 11.8 Å². The molecule has 4 saturated heterocycles. The van der Waals surface area contributed by atoms with Crippen LogP contribution in [0.1, 0.15) is 44.9 Å². The van der Waals surface area contributed by atoms with Crippen molar-refractivity contribution in [3.8, 4) is 0 Å². The summed E-state index contributed by atoms with van der Waals surface area (Å²) in [4.78, 5) is 17.2. The van der Waals surface area contributed by atoms with Gasteiger partial charge in [0, 0.05) is 31.6 Å². The van der Waals surface area contributed by atoms with E-state index in [1.807, 2.05) is 0 Å². The minimum atomic E-state index is 0.449. The minimum absolute atomic E-state index is 0.449. The minimum Gasteiger partial charge on any atom is -0.339 e. The molecule has 4 rings (SSSR count). The van der Waals surface area contributed by atoms with Crippen LogP contribution in [0.4, 0.5) is 0 Å². The molecule has 2 bridgehead atoms. The van der Waals surface area contributed by atoms with Crippen LogP contribution in [0.15, 0.2) is 0 Å². The summed E-state index contributed by atoms with van der Waals surface area (Å²) in [7, 11) is 0. The lowest BCUT2D eigenvalue weighted by Gasteiger charge is -2.56. The molecule has 0 saturated carbocycles. The summed E-state index contributed by atoms with van der Waals surface area (Å²) in [5.74, 6) is 2.01. The molecule has 4 aliphatic rings. The summed E-state index contributed by atoms with van der Waals surface area (Å²) in [5.41, 5.74) is 0. The predicted octanol–water partition coefficient (Wildman–Crippen LogP) is 1.87. The van der Waals surface area contributed by atoms with Gasteiger partial charge in [-0.2, -0.15) is 0 Å². The van der Waals surface area contributed by atoms with Gasteiger partial charge in [-0.05, 0) is 50.5 Å². The van der Waals surface area contributed by atoms with E-state index >= 15 is 0 Å². The maximum atomic E-state index is 12.1. The molecule has 0 aromatic carbocycles. The SMILES string of the molecule is O=C1CCC[C@@H]2[C@H]3C[C@H](CN12)[C@H]1CCCCN1C3. The van der Waals surface area contributed by atoms with Gasteiger partial charge in [-0.15, -0.1) is 0 Å². The fraction of sp³-hybridized carbons (Fsp3) is 0.933. The second kappa shape index (κ2) is 4.22. The molecule has 18 heavy (non-hydrogen) atoms. The molecule has 4 heterocycles. The smallest absolute Gasteiger partial charge is 0.222 e. The van der Waals surface area contributed by atoms with Crippen LogP contribution >= 0.6 is 0 Å². The lowest BCUT2D eigenvalue weighted by atomic mass is 9.71. The Hall–Kier alpha value is -0.570. The number of nitrogens with zero attached hydrogens (tertiary/aromatic N) is 2. The van der Waals surface area contributed by atoms with Gasteiger partial charge in [-0.3, -0.25) is 9.69 Å². The Labute approximate surface area is 110 Å². The summed E-state index contributed by atoms with van der Waals surface area (Å²) < 4.78 is 0. The second-order valence-electron chi connectivity index (χ2n) is 6.82. The highest BCUT2D eigenvalue weighted by Gasteiger charge is 2.47. The normalized spacial score (nSPS) is 44.4. The Morgan fingerprint density at radius 3 is 2.72 bits per heavy atom. The van der Waals surface area contributed by atoms with Gasteiger partial charge in [0.15, 0.2) is 0 Å². The fourth-order valence-corrected chi connectivity index (χ4v) is 5.10. The molecule has 0 radical (unpaired) electrons. The number of hydrogen-bond donors (Lipinski definition) is 0. The van der Waals surface area contributed by atoms with Crippen LogP contribution in [0, 0.1) is 11.8 Å². The van der Waals surface area contributed by atoms with Crippen molar-refractivity contribution in [3.05, 3.63) is 0 Å². The van der Waals surface area contributed by atoms with Gasteiger partial charge < -0.3 is 4.90 Å². The molecule has 0 N–H and O–H groups in total. The number of carbonyl (C=O) groups is 1. The van der Waals surface area contributed by atoms with Crippen molar-refractivity contribution in [2.75, 3.05) is 19.6 Å². The van der Waals surface area contributed by atoms with Crippen LogP contribution in [0.5, 0.6) is 0 Å². The molecule has 4 fully saturated rings. The van der Waals surface area contributed by atoms with E-state index in [-0.39, 0.29) is 0 Å². The molecule has 4 atom stereocenters. The van der Waals surface area contributed by atoms with Crippen LogP contribution in [0.2, 0.25) is 0 Å². The molecule has 0 aliphatic carbocycles. The summed E-state index contributed by atoms with van der Waals surface area (Å²) in [6.45, 7) is 3.66. The number of piperidine rings is 4. The van der Waals surface area contributed by atoms with E-state index in [2.05, 4.69) is 9.80 Å². The van der Waals surface area contributed by atoms with E-state index in [0.29, 0.717) is 11.9 Å². The summed E-state index contributed by atoms with van der Waals surface area (Å²) >= 11 is 0. The number of hydrogen-bond acceptors (Lipinski definition) is 2. The summed E-state index contributed by atoms with van der Waals surface area (Å²) in [6.07, 6.45) is 8.78. The third kappa shape index (κ3) is 1.63. The maximum Gasteiger partial charge on any atom is 0.222 e. The van der Waals surface area contributed by atoms with Gasteiger partial charge in [0.25, 0.3) is 0 Å². The van der Waals surface area contributed by atoms with Crippen LogP contribution in [-0.2, 0) is 4.79 Å². The van der Waals surface area contributed by atoms with Gasteiger partial charge in [0.1, 0.15) is 0 Å². The first-order valence-corrected chi connectivity index (χ1v) is 7.86. The Bertz CT molecular complexity index is 356. The van der Waals surface area contributed by atoms with E-state index in [1.54, 1.807) is 0 Å². The predicted molar refractivity (Wildman–Crippen MR) is 70.2 cm³/mol. The Morgan fingerprint density at radius 1 is 0.944 bits per heavy atom. The molecular formula is C15H24N2O. The highest BCUT2D eigenvalue weighted by atomic mass is 16.2. The van der Waals surface area contributed by atoms with Crippen LogP contribution < -0.4 is 0 Å². The van der Waals surface area contributed by atoms with E-state index in [4.69, 9.17) is 0 Å². The Morgan fingerprint density at radius 2 is 1.78 bits per heavy atom. The number of fused-ring (bicyclic) bond motifs is 6. The van der Waals surface area contributed by atoms with Gasteiger partial charge in [-0.1, -0.05) is 6.42 Å². The molecule has 0 unspecified atom stereocenters. The summed E-state index contributed by atoms with van der Waals surface area (Å²) in [6, 6.07) is 1.39. The molecule has 1 amide bonds. The van der Waals surface area contributed by atoms with E-state index in [1.165, 1.54) is 45.2 Å². The monoisotopic (exact) mass is 248 g/mol. The van der Waals surface area contributed by atoms with Crippen molar-refractivity contribution < 1.29 is 4.79 Å². The van der Waals surface area contributed by atoms with Crippen LogP contribution in [-0.4, -0.2) is 47.4 Å². The highest BCUT2D eigenvalue weighted by Crippen LogP contribution is 2.42. The molecule has 3 nitrogen and oxygen atoms in total. The Kier molecular flexibility index (Phi) is 2.65. The van der Waals surface area contributed by atoms with Gasteiger partial charge >= 0.3 is 0 Å². The topological polar surface area (TPSA) is 23.6 Å². The van der Waals surface area contributed by atoms with Crippen molar-refractivity contribution in [1.82, 2.24) is 9.80 Å². The van der Waals surface area contributed by atoms with Crippen LogP contribution in [0.25, 0.3) is 0 Å². The molecule has 0 aromatic rings. The average Bonchev–Trinajstić information content (AvgIpc) is 2.40. The highest BCUT2D eigenvalue weighted by molar-refractivity contribution is 5.77. The first-order chi connectivity index (χ1) is 8.83. The average molecular weight is 248 g/mol. The lowest BCUT2D eigenvalue weighted by Crippen LogP contribution is -2.64. The number of carbonyl (C=O) groups excluding carboxylic acids is 1. The van der Waals surface area contributed by atoms with E-state index < -0.39 is 0 Å². The third-order valence-electron chi connectivity index (χ3n) is 5.87. The molecule has 4 aliphatic heterocycles. The fourth-order valence-electron chi connectivity index (χ4n) is 5.10. The van der Waals surface area contributed by atoms with E-state index in [0.717, 1.165) is 37.3 Å². The van der Waals surface area contributed by atoms with Crippen molar-refractivity contribution in [3.63, 3.8) is 0 Å². The molecule has 3 heteroatoms. The first-order valence-electron chi connectivity index (χ1n) is 7.86. The quantitative estimate of drug-likeness (QED) is 0.653.